The van der Waals surface area contributed by atoms with Crippen LogP contribution in [0, 0.1) is 0 Å². The molecule has 5 nitrogen and oxygen atoms in total. The minimum absolute atomic E-state index is 0.203. The van der Waals surface area contributed by atoms with Gasteiger partial charge in [-0.1, -0.05) is 12.1 Å². The first-order valence-electron chi connectivity index (χ1n) is 5.84. The second kappa shape index (κ2) is 3.98. The summed E-state index contributed by atoms with van der Waals surface area (Å²) in [6.07, 6.45) is 1.54. The maximum Gasteiger partial charge on any atom is 0.273 e. The van der Waals surface area contributed by atoms with Gasteiger partial charge in [0.2, 0.25) is 0 Å². The predicted molar refractivity (Wildman–Crippen MR) is 72.1 cm³/mol. The van der Waals surface area contributed by atoms with Gasteiger partial charge in [0.25, 0.3) is 11.1 Å². The molecule has 0 bridgehead atoms. The summed E-state index contributed by atoms with van der Waals surface area (Å²) < 4.78 is 7.94. The van der Waals surface area contributed by atoms with Crippen molar-refractivity contribution in [1.82, 2.24) is 9.36 Å². The molecule has 0 aliphatic heterocycles. The summed E-state index contributed by atoms with van der Waals surface area (Å²) in [5.41, 5.74) is 0.218. The van der Waals surface area contributed by atoms with E-state index in [-0.39, 0.29) is 11.1 Å². The lowest BCUT2D eigenvalue weighted by Crippen LogP contribution is -2.35. The molecule has 0 unspecified atom stereocenters. The molecular formula is C14H12N2O3. The smallest absolute Gasteiger partial charge is 0.273 e. The molecule has 3 aromatic rings. The van der Waals surface area contributed by atoms with Gasteiger partial charge in [0, 0.05) is 19.7 Å². The Bertz CT molecular complexity index is 870. The number of benzene rings is 1. The average molecular weight is 256 g/mol. The van der Waals surface area contributed by atoms with Crippen LogP contribution in [-0.2, 0) is 14.1 Å². The first kappa shape index (κ1) is 11.5. The van der Waals surface area contributed by atoms with Gasteiger partial charge in [0.15, 0.2) is 0 Å². The van der Waals surface area contributed by atoms with E-state index in [2.05, 4.69) is 0 Å². The molecule has 1 aromatic carbocycles. The van der Waals surface area contributed by atoms with E-state index < -0.39 is 0 Å². The second-order valence-electron chi connectivity index (χ2n) is 4.36. The fraction of sp³-hybridized carbons (Fsp3) is 0.143. The summed E-state index contributed by atoms with van der Waals surface area (Å²) in [6, 6.07) is 8.71. The van der Waals surface area contributed by atoms with Crippen LogP contribution in [0.25, 0.3) is 22.1 Å². The topological polar surface area (TPSA) is 57.1 Å². The van der Waals surface area contributed by atoms with Gasteiger partial charge in [-0.3, -0.25) is 19.0 Å². The van der Waals surface area contributed by atoms with Gasteiger partial charge in [-0.05, 0) is 18.2 Å². The lowest BCUT2D eigenvalue weighted by molar-refractivity contribution is 0.542. The van der Waals surface area contributed by atoms with Crippen LogP contribution < -0.4 is 11.1 Å². The van der Waals surface area contributed by atoms with Crippen molar-refractivity contribution < 1.29 is 4.42 Å². The van der Waals surface area contributed by atoms with E-state index in [0.29, 0.717) is 22.1 Å². The zero-order chi connectivity index (χ0) is 13.6. The molecule has 2 heterocycles. The van der Waals surface area contributed by atoms with Gasteiger partial charge in [-0.25, -0.2) is 0 Å². The van der Waals surface area contributed by atoms with E-state index in [9.17, 15) is 9.59 Å². The zero-order valence-electron chi connectivity index (χ0n) is 10.6. The molecule has 2 aromatic heterocycles. The average Bonchev–Trinajstić information content (AvgIpc) is 2.96. The minimum Gasteiger partial charge on any atom is -0.464 e. The van der Waals surface area contributed by atoms with Crippen molar-refractivity contribution in [3.8, 4) is 11.3 Å². The summed E-state index contributed by atoms with van der Waals surface area (Å²) in [5, 5.41) is 0.794. The number of aromatic nitrogens is 2. The van der Waals surface area contributed by atoms with Crippen LogP contribution in [0.5, 0.6) is 0 Å². The van der Waals surface area contributed by atoms with Crippen LogP contribution in [0.1, 0.15) is 0 Å². The fourth-order valence-electron chi connectivity index (χ4n) is 2.21. The molecule has 19 heavy (non-hydrogen) atoms. The maximum atomic E-state index is 12.4. The van der Waals surface area contributed by atoms with Crippen molar-refractivity contribution in [1.29, 1.82) is 0 Å². The molecule has 0 aliphatic rings. The summed E-state index contributed by atoms with van der Waals surface area (Å²) in [7, 11) is 3.14. The highest BCUT2D eigenvalue weighted by atomic mass is 16.3. The normalized spacial score (nSPS) is 11.1. The van der Waals surface area contributed by atoms with E-state index in [1.54, 1.807) is 50.7 Å². The first-order chi connectivity index (χ1) is 9.11. The minimum atomic E-state index is -0.218. The van der Waals surface area contributed by atoms with Crippen molar-refractivity contribution in [3.63, 3.8) is 0 Å². The molecule has 0 radical (unpaired) electrons. The summed E-state index contributed by atoms with van der Waals surface area (Å²) >= 11 is 0. The van der Waals surface area contributed by atoms with Crippen LogP contribution in [0.15, 0.2) is 50.6 Å². The van der Waals surface area contributed by atoms with Crippen molar-refractivity contribution in [3.05, 3.63) is 57.3 Å². The SMILES string of the molecule is Cn1c(=O)c2cccc(-c3ccco3)c2c(=O)n1C. The monoisotopic (exact) mass is 256 g/mol. The largest absolute Gasteiger partial charge is 0.464 e. The van der Waals surface area contributed by atoms with Crippen molar-refractivity contribution in [2.75, 3.05) is 0 Å². The second-order valence-corrected chi connectivity index (χ2v) is 4.36. The molecular weight excluding hydrogens is 244 g/mol. The van der Waals surface area contributed by atoms with E-state index in [1.165, 1.54) is 9.36 Å². The van der Waals surface area contributed by atoms with Crippen LogP contribution in [0.4, 0.5) is 0 Å². The molecule has 0 atom stereocenters. The van der Waals surface area contributed by atoms with Crippen LogP contribution in [0.3, 0.4) is 0 Å². The zero-order valence-corrected chi connectivity index (χ0v) is 10.6. The predicted octanol–water partition coefficient (Wildman–Crippen LogP) is 1.50. The molecule has 0 saturated heterocycles. The molecule has 96 valence electrons. The summed E-state index contributed by atoms with van der Waals surface area (Å²) in [4.78, 5) is 24.6. The Kier molecular flexibility index (Phi) is 2.41. The van der Waals surface area contributed by atoms with Gasteiger partial charge in [-0.2, -0.15) is 0 Å². The molecule has 0 N–H and O–H groups in total. The number of fused-ring (bicyclic) bond motifs is 1. The van der Waals surface area contributed by atoms with Crippen LogP contribution in [0.2, 0.25) is 0 Å². The Morgan fingerprint density at radius 1 is 0.947 bits per heavy atom. The van der Waals surface area contributed by atoms with Crippen molar-refractivity contribution >= 4 is 10.8 Å². The van der Waals surface area contributed by atoms with Gasteiger partial charge in [0.05, 0.1) is 17.0 Å². The highest BCUT2D eigenvalue weighted by molar-refractivity contribution is 5.94. The van der Waals surface area contributed by atoms with Crippen molar-refractivity contribution in [2.45, 2.75) is 0 Å². The molecule has 0 spiro atoms. The van der Waals surface area contributed by atoms with Crippen LogP contribution >= 0.6 is 0 Å². The number of furan rings is 1. The Hall–Kier alpha value is -2.56. The third kappa shape index (κ3) is 1.55. The molecule has 0 amide bonds. The highest BCUT2D eigenvalue weighted by Crippen LogP contribution is 2.24. The number of rotatable bonds is 1. The number of nitrogens with zero attached hydrogens (tertiary/aromatic N) is 2. The van der Waals surface area contributed by atoms with Gasteiger partial charge >= 0.3 is 0 Å². The Labute approximate surface area is 108 Å². The van der Waals surface area contributed by atoms with E-state index in [4.69, 9.17) is 4.42 Å². The summed E-state index contributed by atoms with van der Waals surface area (Å²) in [6.45, 7) is 0. The third-order valence-electron chi connectivity index (χ3n) is 3.33. The van der Waals surface area contributed by atoms with Gasteiger partial charge in [0.1, 0.15) is 5.76 Å². The van der Waals surface area contributed by atoms with Crippen molar-refractivity contribution in [2.24, 2.45) is 14.1 Å². The van der Waals surface area contributed by atoms with E-state index >= 15 is 0 Å². The molecule has 0 fully saturated rings. The number of hydrogen-bond donors (Lipinski definition) is 0. The maximum absolute atomic E-state index is 12.4. The van der Waals surface area contributed by atoms with Crippen LogP contribution in [-0.4, -0.2) is 9.36 Å². The Balaban J connectivity index is 2.58. The Morgan fingerprint density at radius 2 is 1.68 bits per heavy atom. The number of hydrogen-bond acceptors (Lipinski definition) is 3. The summed E-state index contributed by atoms with van der Waals surface area (Å²) in [5.74, 6) is 0.580. The lowest BCUT2D eigenvalue weighted by Gasteiger charge is -2.10. The highest BCUT2D eigenvalue weighted by Gasteiger charge is 2.14. The first-order valence-corrected chi connectivity index (χ1v) is 5.84. The Morgan fingerprint density at radius 3 is 2.37 bits per heavy atom. The molecule has 3 rings (SSSR count). The molecule has 0 aliphatic carbocycles. The molecule has 5 heteroatoms. The lowest BCUT2D eigenvalue weighted by atomic mass is 10.1. The molecule has 0 saturated carbocycles. The van der Waals surface area contributed by atoms with E-state index in [0.717, 1.165) is 0 Å². The van der Waals surface area contributed by atoms with Gasteiger partial charge < -0.3 is 4.42 Å². The van der Waals surface area contributed by atoms with E-state index in [1.807, 2.05) is 0 Å². The fourth-order valence-corrected chi connectivity index (χ4v) is 2.21. The quantitative estimate of drug-likeness (QED) is 0.663. The standard InChI is InChI=1S/C14H12N2O3/c1-15-13(17)10-6-3-5-9(11-7-4-8-19-11)12(10)14(18)16(15)2/h3-8H,1-2H3. The third-order valence-corrected chi connectivity index (χ3v) is 3.33. The van der Waals surface area contributed by atoms with Gasteiger partial charge in [-0.15, -0.1) is 0 Å².